The van der Waals surface area contributed by atoms with Gasteiger partial charge < -0.3 is 5.32 Å². The summed E-state index contributed by atoms with van der Waals surface area (Å²) in [5, 5.41) is 4.52. The Morgan fingerprint density at radius 2 is 1.85 bits per heavy atom. The Bertz CT molecular complexity index is 616. The highest BCUT2D eigenvalue weighted by molar-refractivity contribution is 6.35. The van der Waals surface area contributed by atoms with Crippen LogP contribution in [0, 0.1) is 5.82 Å². The number of hydrogen-bond donors (Lipinski definition) is 1. The first-order valence-electron chi connectivity index (χ1n) is 6.10. The normalized spacial score (nSPS) is 12.4. The van der Waals surface area contributed by atoms with Crippen LogP contribution < -0.4 is 5.32 Å². The summed E-state index contributed by atoms with van der Waals surface area (Å²) < 4.78 is 13.8. The molecule has 0 aliphatic rings. The minimum Gasteiger partial charge on any atom is -0.306 e. The zero-order valence-electron chi connectivity index (χ0n) is 10.8. The average Bonchev–Trinajstić information content (AvgIpc) is 2.40. The van der Waals surface area contributed by atoms with Gasteiger partial charge in [0, 0.05) is 28.2 Å². The number of nitrogens with one attached hydrogen (secondary N) is 1. The first-order chi connectivity index (χ1) is 9.49. The third-order valence-electron chi connectivity index (χ3n) is 3.06. The topological polar surface area (TPSA) is 12.0 Å². The Balaban J connectivity index is 2.08. The predicted molar refractivity (Wildman–Crippen MR) is 83.1 cm³/mol. The molecule has 20 heavy (non-hydrogen) atoms. The number of hydrogen-bond acceptors (Lipinski definition) is 1. The summed E-state index contributed by atoms with van der Waals surface area (Å²) >= 11 is 17.8. The van der Waals surface area contributed by atoms with Gasteiger partial charge in [-0.25, -0.2) is 4.39 Å². The van der Waals surface area contributed by atoms with Crippen molar-refractivity contribution in [1.82, 2.24) is 5.32 Å². The minimum absolute atomic E-state index is 0.0295. The highest BCUT2D eigenvalue weighted by atomic mass is 35.5. The Morgan fingerprint density at radius 3 is 2.55 bits per heavy atom. The maximum atomic E-state index is 13.8. The molecule has 0 saturated carbocycles. The van der Waals surface area contributed by atoms with Crippen LogP contribution in [-0.4, -0.2) is 0 Å². The van der Waals surface area contributed by atoms with E-state index in [1.807, 2.05) is 13.0 Å². The molecule has 1 atom stereocenters. The van der Waals surface area contributed by atoms with Crippen molar-refractivity contribution < 1.29 is 4.39 Å². The number of benzene rings is 2. The van der Waals surface area contributed by atoms with Gasteiger partial charge in [0.05, 0.1) is 5.02 Å². The highest BCUT2D eigenvalue weighted by Crippen LogP contribution is 2.26. The standard InChI is InChI=1S/C15H13Cl3FN/c1-9(12-6-5-11(16)7-14(12)18)20-8-10-3-2-4-13(17)15(10)19/h2-7,9,20H,8H2,1H3. The smallest absolute Gasteiger partial charge is 0.146 e. The Hall–Kier alpha value is -0.800. The molecule has 1 unspecified atom stereocenters. The van der Waals surface area contributed by atoms with Gasteiger partial charge in [-0.1, -0.05) is 53.0 Å². The largest absolute Gasteiger partial charge is 0.306 e. The zero-order chi connectivity index (χ0) is 14.7. The number of halogens is 4. The molecule has 1 nitrogen and oxygen atoms in total. The first-order valence-corrected chi connectivity index (χ1v) is 7.23. The second-order valence-corrected chi connectivity index (χ2v) is 5.73. The summed E-state index contributed by atoms with van der Waals surface area (Å²) in [6.07, 6.45) is 0. The lowest BCUT2D eigenvalue weighted by atomic mass is 10.1. The average molecular weight is 333 g/mol. The summed E-state index contributed by atoms with van der Waals surface area (Å²) in [6.45, 7) is 2.32. The number of rotatable bonds is 4. The van der Waals surface area contributed by atoms with E-state index in [9.17, 15) is 4.39 Å². The third-order valence-corrected chi connectivity index (χ3v) is 3.91. The minimum atomic E-state index is -0.393. The van der Waals surface area contributed by atoms with E-state index in [1.54, 1.807) is 24.3 Å². The lowest BCUT2D eigenvalue weighted by Gasteiger charge is -2.16. The Kier molecular flexibility index (Phi) is 5.28. The van der Waals surface area contributed by atoms with Crippen molar-refractivity contribution in [2.75, 3.05) is 0 Å². The summed E-state index contributed by atoms with van der Waals surface area (Å²) in [7, 11) is 0. The molecule has 2 aromatic carbocycles. The van der Waals surface area contributed by atoms with Crippen molar-refractivity contribution in [2.45, 2.75) is 19.5 Å². The van der Waals surface area contributed by atoms with Gasteiger partial charge in [-0.2, -0.15) is 0 Å². The quantitative estimate of drug-likeness (QED) is 0.764. The molecule has 0 amide bonds. The van der Waals surface area contributed by atoms with Crippen molar-refractivity contribution in [3.05, 3.63) is 68.4 Å². The van der Waals surface area contributed by atoms with E-state index in [2.05, 4.69) is 5.32 Å². The van der Waals surface area contributed by atoms with E-state index in [1.165, 1.54) is 6.07 Å². The molecule has 2 rings (SSSR count). The van der Waals surface area contributed by atoms with E-state index >= 15 is 0 Å². The SMILES string of the molecule is CC(NCc1cccc(Cl)c1F)c1ccc(Cl)cc1Cl. The van der Waals surface area contributed by atoms with Gasteiger partial charge in [-0.3, -0.25) is 0 Å². The van der Waals surface area contributed by atoms with Crippen LogP contribution in [0.4, 0.5) is 4.39 Å². The van der Waals surface area contributed by atoms with Crippen molar-refractivity contribution in [3.8, 4) is 0 Å². The molecule has 0 bridgehead atoms. The summed E-state index contributed by atoms with van der Waals surface area (Å²) in [5.74, 6) is -0.393. The Labute approximate surface area is 132 Å². The second-order valence-electron chi connectivity index (χ2n) is 4.48. The van der Waals surface area contributed by atoms with Gasteiger partial charge in [-0.15, -0.1) is 0 Å². The summed E-state index contributed by atoms with van der Waals surface area (Å²) in [5.41, 5.74) is 1.44. The van der Waals surface area contributed by atoms with Crippen molar-refractivity contribution >= 4 is 34.8 Å². The van der Waals surface area contributed by atoms with Gasteiger partial charge in [0.1, 0.15) is 5.82 Å². The zero-order valence-corrected chi connectivity index (χ0v) is 13.0. The van der Waals surface area contributed by atoms with Crippen molar-refractivity contribution in [2.24, 2.45) is 0 Å². The predicted octanol–water partition coefficient (Wildman–Crippen LogP) is 5.64. The maximum Gasteiger partial charge on any atom is 0.146 e. The van der Waals surface area contributed by atoms with Gasteiger partial charge in [0.15, 0.2) is 0 Å². The second kappa shape index (κ2) is 6.77. The highest BCUT2D eigenvalue weighted by Gasteiger charge is 2.11. The molecular weight excluding hydrogens is 320 g/mol. The Morgan fingerprint density at radius 1 is 1.10 bits per heavy atom. The lowest BCUT2D eigenvalue weighted by Crippen LogP contribution is -2.19. The molecule has 0 aromatic heterocycles. The van der Waals surface area contributed by atoms with Gasteiger partial charge in [0.25, 0.3) is 0 Å². The van der Waals surface area contributed by atoms with Gasteiger partial charge >= 0.3 is 0 Å². The molecule has 0 radical (unpaired) electrons. The summed E-state index contributed by atoms with van der Waals surface area (Å²) in [6, 6.07) is 10.2. The van der Waals surface area contributed by atoms with Crippen LogP contribution in [0.5, 0.6) is 0 Å². The van der Waals surface area contributed by atoms with Crippen LogP contribution in [-0.2, 0) is 6.54 Å². The fourth-order valence-corrected chi connectivity index (χ4v) is 2.68. The molecule has 0 saturated heterocycles. The molecule has 106 valence electrons. The van der Waals surface area contributed by atoms with Crippen LogP contribution in [0.3, 0.4) is 0 Å². The molecule has 1 N–H and O–H groups in total. The van der Waals surface area contributed by atoms with E-state index < -0.39 is 5.82 Å². The van der Waals surface area contributed by atoms with Crippen LogP contribution in [0.2, 0.25) is 15.1 Å². The maximum absolute atomic E-state index is 13.8. The molecule has 2 aromatic rings. The molecule has 0 spiro atoms. The fourth-order valence-electron chi connectivity index (χ4n) is 1.91. The van der Waals surface area contributed by atoms with E-state index in [0.717, 1.165) is 5.56 Å². The molecular formula is C15H13Cl3FN. The monoisotopic (exact) mass is 331 g/mol. The van der Waals surface area contributed by atoms with Crippen molar-refractivity contribution in [1.29, 1.82) is 0 Å². The first kappa shape index (κ1) is 15.6. The fraction of sp³-hybridized carbons (Fsp3) is 0.200. The third kappa shape index (κ3) is 3.64. The summed E-state index contributed by atoms with van der Waals surface area (Å²) in [4.78, 5) is 0. The molecule has 0 heterocycles. The van der Waals surface area contributed by atoms with E-state index in [0.29, 0.717) is 22.2 Å². The molecule has 5 heteroatoms. The van der Waals surface area contributed by atoms with Crippen LogP contribution in [0.25, 0.3) is 0 Å². The van der Waals surface area contributed by atoms with Crippen LogP contribution >= 0.6 is 34.8 Å². The van der Waals surface area contributed by atoms with Crippen molar-refractivity contribution in [3.63, 3.8) is 0 Å². The molecule has 0 aliphatic heterocycles. The van der Waals surface area contributed by atoms with E-state index in [-0.39, 0.29) is 11.1 Å². The molecule has 0 fully saturated rings. The van der Waals surface area contributed by atoms with Gasteiger partial charge in [0.2, 0.25) is 0 Å². The van der Waals surface area contributed by atoms with Gasteiger partial charge in [-0.05, 0) is 30.7 Å². The molecule has 0 aliphatic carbocycles. The van der Waals surface area contributed by atoms with Crippen LogP contribution in [0.1, 0.15) is 24.1 Å². The van der Waals surface area contributed by atoms with E-state index in [4.69, 9.17) is 34.8 Å². The van der Waals surface area contributed by atoms with Crippen LogP contribution in [0.15, 0.2) is 36.4 Å². The lowest BCUT2D eigenvalue weighted by molar-refractivity contribution is 0.544.